The Morgan fingerprint density at radius 3 is 2.74 bits per heavy atom. The van der Waals surface area contributed by atoms with Crippen molar-refractivity contribution in [3.8, 4) is 0 Å². The van der Waals surface area contributed by atoms with E-state index in [-0.39, 0.29) is 17.1 Å². The summed E-state index contributed by atoms with van der Waals surface area (Å²) >= 11 is 0. The first-order chi connectivity index (χ1) is 8.82. The number of aliphatic hydroxyl groups excluding tert-OH is 1. The van der Waals surface area contributed by atoms with Crippen LogP contribution in [0.25, 0.3) is 0 Å². The Morgan fingerprint density at radius 1 is 1.37 bits per heavy atom. The fraction of sp³-hybridized carbons (Fsp3) is 0.750. The topological polar surface area (TPSA) is 34.4 Å². The van der Waals surface area contributed by atoms with E-state index in [2.05, 4.69) is 38.3 Å². The highest BCUT2D eigenvalue weighted by atomic mass is 16.5. The van der Waals surface area contributed by atoms with Gasteiger partial charge in [-0.15, -0.1) is 0 Å². The van der Waals surface area contributed by atoms with Crippen molar-refractivity contribution in [3.05, 3.63) is 23.0 Å². The summed E-state index contributed by atoms with van der Waals surface area (Å²) in [6.07, 6.45) is 2.65. The molecule has 2 heterocycles. The summed E-state index contributed by atoms with van der Waals surface area (Å²) in [6.45, 7) is 10.6. The van der Waals surface area contributed by atoms with Gasteiger partial charge < -0.3 is 14.4 Å². The molecule has 0 spiro atoms. The second kappa shape index (κ2) is 4.10. The number of hydrogen-bond acceptors (Lipinski definition) is 2. The normalized spacial score (nSPS) is 33.4. The van der Waals surface area contributed by atoms with Gasteiger partial charge in [-0.25, -0.2) is 0 Å². The Morgan fingerprint density at radius 2 is 2.11 bits per heavy atom. The molecule has 1 aromatic rings. The summed E-state index contributed by atoms with van der Waals surface area (Å²) in [6, 6.07) is 2.18. The highest BCUT2D eigenvalue weighted by Crippen LogP contribution is 2.44. The Labute approximate surface area is 115 Å². The molecule has 2 aliphatic rings. The van der Waals surface area contributed by atoms with Crippen LogP contribution in [0.4, 0.5) is 0 Å². The van der Waals surface area contributed by atoms with E-state index in [4.69, 9.17) is 4.74 Å². The molecule has 1 N–H and O–H groups in total. The van der Waals surface area contributed by atoms with Gasteiger partial charge in [0.05, 0.1) is 18.2 Å². The van der Waals surface area contributed by atoms with E-state index in [1.165, 1.54) is 11.4 Å². The molecule has 1 aliphatic carbocycles. The van der Waals surface area contributed by atoms with Gasteiger partial charge in [-0.05, 0) is 44.6 Å². The molecule has 1 saturated heterocycles. The average molecular weight is 263 g/mol. The monoisotopic (exact) mass is 263 g/mol. The Hall–Kier alpha value is -0.800. The summed E-state index contributed by atoms with van der Waals surface area (Å²) in [5, 5.41) is 10.4. The van der Waals surface area contributed by atoms with Crippen LogP contribution in [-0.4, -0.2) is 22.9 Å². The van der Waals surface area contributed by atoms with Crippen LogP contribution >= 0.6 is 0 Å². The lowest BCUT2D eigenvalue weighted by atomic mass is 9.75. The van der Waals surface area contributed by atoms with Crippen LogP contribution in [0.5, 0.6) is 0 Å². The van der Waals surface area contributed by atoms with Crippen molar-refractivity contribution in [1.82, 2.24) is 4.57 Å². The fourth-order valence-electron chi connectivity index (χ4n) is 3.93. The van der Waals surface area contributed by atoms with Crippen molar-refractivity contribution in [2.45, 2.75) is 58.6 Å². The predicted octanol–water partition coefficient (Wildman–Crippen LogP) is 2.94. The first-order valence-electron chi connectivity index (χ1n) is 7.30. The van der Waals surface area contributed by atoms with Crippen molar-refractivity contribution >= 4 is 0 Å². The fourth-order valence-corrected chi connectivity index (χ4v) is 3.93. The molecule has 1 aromatic heterocycles. The zero-order chi connectivity index (χ0) is 13.8. The number of aromatic nitrogens is 1. The summed E-state index contributed by atoms with van der Waals surface area (Å²) < 4.78 is 8.07. The molecule has 0 radical (unpaired) electrons. The molecule has 0 saturated carbocycles. The molecule has 3 rings (SSSR count). The van der Waals surface area contributed by atoms with Gasteiger partial charge in [-0.2, -0.15) is 0 Å². The van der Waals surface area contributed by atoms with Gasteiger partial charge in [0.1, 0.15) is 0 Å². The van der Waals surface area contributed by atoms with E-state index in [1.54, 1.807) is 0 Å². The van der Waals surface area contributed by atoms with Crippen LogP contribution in [0.15, 0.2) is 6.07 Å². The lowest BCUT2D eigenvalue weighted by molar-refractivity contribution is 0.0947. The van der Waals surface area contributed by atoms with E-state index in [9.17, 15) is 5.11 Å². The number of rotatable bonds is 1. The largest absolute Gasteiger partial charge is 0.388 e. The summed E-state index contributed by atoms with van der Waals surface area (Å²) in [7, 11) is 0. The van der Waals surface area contributed by atoms with Crippen LogP contribution in [0.2, 0.25) is 0 Å². The van der Waals surface area contributed by atoms with Crippen LogP contribution in [0.1, 0.15) is 56.7 Å². The molecule has 1 aliphatic heterocycles. The molecule has 1 fully saturated rings. The van der Waals surface area contributed by atoms with Crippen LogP contribution in [0, 0.1) is 12.3 Å². The summed E-state index contributed by atoms with van der Waals surface area (Å²) in [4.78, 5) is 0. The number of hydrogen-bond donors (Lipinski definition) is 1. The lowest BCUT2D eigenvalue weighted by Crippen LogP contribution is -2.36. The van der Waals surface area contributed by atoms with Gasteiger partial charge in [0.15, 0.2) is 0 Å². The molecule has 106 valence electrons. The van der Waals surface area contributed by atoms with E-state index >= 15 is 0 Å². The quantitative estimate of drug-likeness (QED) is 0.845. The minimum atomic E-state index is -0.315. The predicted molar refractivity (Wildman–Crippen MR) is 75.3 cm³/mol. The Bertz CT molecular complexity index is 495. The standard InChI is InChI=1S/C16H25NO2/c1-11-7-12-13(8-15(2,3)9-14(12)18)17(11)16(4)5-6-19-10-16/h7,14,18H,5-6,8-10H2,1-4H3. The van der Waals surface area contributed by atoms with Crippen LogP contribution in [-0.2, 0) is 16.7 Å². The van der Waals surface area contributed by atoms with E-state index in [1.807, 2.05) is 0 Å². The third kappa shape index (κ3) is 2.03. The van der Waals surface area contributed by atoms with Crippen LogP contribution in [0.3, 0.4) is 0 Å². The third-order valence-electron chi connectivity index (χ3n) is 4.81. The van der Waals surface area contributed by atoms with Crippen molar-refractivity contribution in [2.24, 2.45) is 5.41 Å². The second-order valence-corrected chi connectivity index (χ2v) is 7.38. The van der Waals surface area contributed by atoms with Gasteiger partial charge in [0, 0.05) is 23.6 Å². The van der Waals surface area contributed by atoms with Crippen molar-refractivity contribution < 1.29 is 9.84 Å². The maximum atomic E-state index is 10.4. The maximum absolute atomic E-state index is 10.4. The van der Waals surface area contributed by atoms with Crippen LogP contribution < -0.4 is 0 Å². The lowest BCUT2D eigenvalue weighted by Gasteiger charge is -2.37. The average Bonchev–Trinajstić information content (AvgIpc) is 2.82. The zero-order valence-electron chi connectivity index (χ0n) is 12.5. The number of fused-ring (bicyclic) bond motifs is 1. The minimum absolute atomic E-state index is 0.0603. The molecule has 3 heteroatoms. The number of aliphatic hydroxyl groups is 1. The maximum Gasteiger partial charge on any atom is 0.0812 e. The highest BCUT2D eigenvalue weighted by molar-refractivity contribution is 5.34. The number of aryl methyl sites for hydroxylation is 1. The SMILES string of the molecule is Cc1cc2c(n1C1(C)CCOC1)CC(C)(C)CC2O. The molecule has 2 atom stereocenters. The number of nitrogens with zero attached hydrogens (tertiary/aromatic N) is 1. The van der Waals surface area contributed by atoms with Crippen molar-refractivity contribution in [1.29, 1.82) is 0 Å². The highest BCUT2D eigenvalue weighted by Gasteiger charge is 2.40. The molecular formula is C16H25NO2. The molecule has 19 heavy (non-hydrogen) atoms. The van der Waals surface area contributed by atoms with Gasteiger partial charge in [-0.1, -0.05) is 13.8 Å². The zero-order valence-corrected chi connectivity index (χ0v) is 12.5. The van der Waals surface area contributed by atoms with E-state index in [0.717, 1.165) is 38.0 Å². The molecular weight excluding hydrogens is 238 g/mol. The first-order valence-corrected chi connectivity index (χ1v) is 7.30. The summed E-state index contributed by atoms with van der Waals surface area (Å²) in [5.74, 6) is 0. The van der Waals surface area contributed by atoms with Gasteiger partial charge >= 0.3 is 0 Å². The van der Waals surface area contributed by atoms with Gasteiger partial charge in [-0.3, -0.25) is 0 Å². The molecule has 3 nitrogen and oxygen atoms in total. The molecule has 0 bridgehead atoms. The second-order valence-electron chi connectivity index (χ2n) is 7.38. The first kappa shape index (κ1) is 13.2. The number of ether oxygens (including phenoxy) is 1. The smallest absolute Gasteiger partial charge is 0.0812 e. The van der Waals surface area contributed by atoms with E-state index in [0.29, 0.717) is 0 Å². The van der Waals surface area contributed by atoms with Crippen molar-refractivity contribution in [3.63, 3.8) is 0 Å². The summed E-state index contributed by atoms with van der Waals surface area (Å²) in [5.41, 5.74) is 3.96. The molecule has 0 aromatic carbocycles. The Kier molecular flexibility index (Phi) is 2.84. The molecule has 0 amide bonds. The molecule has 2 unspecified atom stereocenters. The van der Waals surface area contributed by atoms with Crippen molar-refractivity contribution in [2.75, 3.05) is 13.2 Å². The Balaban J connectivity index is 2.12. The van der Waals surface area contributed by atoms with E-state index < -0.39 is 0 Å². The van der Waals surface area contributed by atoms with Gasteiger partial charge in [0.25, 0.3) is 0 Å². The van der Waals surface area contributed by atoms with Gasteiger partial charge in [0.2, 0.25) is 0 Å². The minimum Gasteiger partial charge on any atom is -0.388 e. The third-order valence-corrected chi connectivity index (χ3v) is 4.81.